The van der Waals surface area contributed by atoms with Gasteiger partial charge < -0.3 is 15.3 Å². The first-order valence-electron chi connectivity index (χ1n) is 10.4. The van der Waals surface area contributed by atoms with Crippen molar-refractivity contribution < 1.29 is 9.50 Å². The Kier molecular flexibility index (Phi) is 4.62. The summed E-state index contributed by atoms with van der Waals surface area (Å²) in [4.78, 5) is 23.0. The zero-order valence-corrected chi connectivity index (χ0v) is 17.6. The number of phenolic OH excluding ortho intramolecular Hbond substituents is 1. The number of hydrogen-bond acceptors (Lipinski definition) is 8. The number of halogens is 1. The second-order valence-corrected chi connectivity index (χ2v) is 8.46. The normalized spacial score (nSPS) is 25.2. The summed E-state index contributed by atoms with van der Waals surface area (Å²) in [6.45, 7) is 1.74. The number of benzene rings is 1. The lowest BCUT2D eigenvalue weighted by Crippen LogP contribution is -2.55. The van der Waals surface area contributed by atoms with Crippen molar-refractivity contribution in [1.82, 2.24) is 30.0 Å². The maximum atomic E-state index is 14.9. The molecule has 0 aliphatic carbocycles. The van der Waals surface area contributed by atoms with E-state index in [9.17, 15) is 14.3 Å². The average Bonchev–Trinajstić information content (AvgIpc) is 3.18. The predicted molar refractivity (Wildman–Crippen MR) is 114 cm³/mol. The number of aromatic hydroxyl groups is 1. The number of aromatic nitrogens is 5. The zero-order chi connectivity index (χ0) is 21.9. The van der Waals surface area contributed by atoms with Gasteiger partial charge in [-0.1, -0.05) is 0 Å². The molecule has 2 aliphatic rings. The van der Waals surface area contributed by atoms with Gasteiger partial charge in [0, 0.05) is 26.2 Å². The number of piperidine rings is 1. The van der Waals surface area contributed by atoms with Crippen LogP contribution in [0.25, 0.3) is 22.3 Å². The lowest BCUT2D eigenvalue weighted by Gasteiger charge is -2.38. The van der Waals surface area contributed by atoms with Gasteiger partial charge in [0.1, 0.15) is 17.7 Å². The van der Waals surface area contributed by atoms with Gasteiger partial charge >= 0.3 is 0 Å². The standard InChI is InChI=1S/C21H24FN7O2/c1-10-24-15-7-13(17(30)8-12(15)21(31)28(10)2)20-23-9-18(26-27-20)29(3)16-6-11-4-5-14(25-11)19(16)22/h7-9,11,14,16,19,25,30H,4-6H2,1-3H3/t11?,14?,16-,19+/m1/s1. The number of fused-ring (bicyclic) bond motifs is 3. The molecule has 31 heavy (non-hydrogen) atoms. The van der Waals surface area contributed by atoms with Crippen LogP contribution in [0.2, 0.25) is 0 Å². The van der Waals surface area contributed by atoms with E-state index in [1.54, 1.807) is 24.9 Å². The van der Waals surface area contributed by atoms with Gasteiger partial charge in [-0.15, -0.1) is 10.2 Å². The van der Waals surface area contributed by atoms with E-state index in [4.69, 9.17) is 0 Å². The van der Waals surface area contributed by atoms with Crippen molar-refractivity contribution in [1.29, 1.82) is 0 Å². The summed E-state index contributed by atoms with van der Waals surface area (Å²) >= 11 is 0. The molecular weight excluding hydrogens is 401 g/mol. The third-order valence-corrected chi connectivity index (χ3v) is 6.62. The molecule has 2 unspecified atom stereocenters. The van der Waals surface area contributed by atoms with E-state index >= 15 is 0 Å². The van der Waals surface area contributed by atoms with Gasteiger partial charge in [-0.2, -0.15) is 0 Å². The van der Waals surface area contributed by atoms with Crippen molar-refractivity contribution in [2.24, 2.45) is 7.05 Å². The molecule has 3 aromatic rings. The molecule has 0 radical (unpaired) electrons. The maximum absolute atomic E-state index is 14.9. The van der Waals surface area contributed by atoms with Crippen molar-refractivity contribution in [3.05, 3.63) is 34.5 Å². The van der Waals surface area contributed by atoms with Gasteiger partial charge in [-0.25, -0.2) is 14.4 Å². The number of nitrogens with one attached hydrogen (secondary N) is 1. The molecule has 0 spiro atoms. The van der Waals surface area contributed by atoms with Gasteiger partial charge in [-0.05, 0) is 38.3 Å². The Morgan fingerprint density at radius 3 is 2.84 bits per heavy atom. The molecule has 2 fully saturated rings. The Bertz CT molecular complexity index is 1210. The lowest BCUT2D eigenvalue weighted by molar-refractivity contribution is 0.176. The lowest BCUT2D eigenvalue weighted by atomic mass is 9.96. The number of hydrogen-bond donors (Lipinski definition) is 2. The fourth-order valence-corrected chi connectivity index (χ4v) is 4.67. The third kappa shape index (κ3) is 3.21. The second-order valence-electron chi connectivity index (χ2n) is 8.46. The molecule has 0 saturated carbocycles. The quantitative estimate of drug-likeness (QED) is 0.649. The molecule has 2 bridgehead atoms. The minimum absolute atomic E-state index is 0.107. The molecule has 4 heterocycles. The summed E-state index contributed by atoms with van der Waals surface area (Å²) in [7, 11) is 3.44. The van der Waals surface area contributed by atoms with Crippen LogP contribution in [-0.4, -0.2) is 61.2 Å². The molecule has 9 nitrogen and oxygen atoms in total. The SMILES string of the molecule is Cc1nc2cc(-c3ncc(N(C)[C@@H]4CC5CCC(N5)[C@@H]4F)nn3)c(O)cc2c(=O)n1C. The molecular formula is C21H24FN7O2. The number of phenols is 1. The minimum atomic E-state index is -0.980. The van der Waals surface area contributed by atoms with Crippen LogP contribution < -0.4 is 15.8 Å². The summed E-state index contributed by atoms with van der Waals surface area (Å²) in [5, 5.41) is 22.5. The van der Waals surface area contributed by atoms with Crippen molar-refractivity contribution in [2.75, 3.05) is 11.9 Å². The molecule has 2 saturated heterocycles. The maximum Gasteiger partial charge on any atom is 0.261 e. The highest BCUT2D eigenvalue weighted by molar-refractivity contribution is 5.86. The van der Waals surface area contributed by atoms with E-state index in [0.29, 0.717) is 40.6 Å². The van der Waals surface area contributed by atoms with Crippen molar-refractivity contribution >= 4 is 16.7 Å². The van der Waals surface area contributed by atoms with Crippen LogP contribution in [-0.2, 0) is 7.05 Å². The number of alkyl halides is 1. The Morgan fingerprint density at radius 1 is 1.29 bits per heavy atom. The number of nitrogens with zero attached hydrogens (tertiary/aromatic N) is 6. The first kappa shape index (κ1) is 19.8. The Hall–Kier alpha value is -3.14. The summed E-state index contributed by atoms with van der Waals surface area (Å²) < 4.78 is 16.3. The molecule has 4 atom stereocenters. The van der Waals surface area contributed by atoms with Crippen molar-refractivity contribution in [2.45, 2.75) is 50.5 Å². The van der Waals surface area contributed by atoms with Crippen LogP contribution in [0.1, 0.15) is 25.1 Å². The molecule has 1 aromatic carbocycles. The van der Waals surface area contributed by atoms with Gasteiger partial charge in [0.15, 0.2) is 11.6 Å². The first-order valence-corrected chi connectivity index (χ1v) is 10.4. The van der Waals surface area contributed by atoms with Crippen LogP contribution in [0, 0.1) is 6.92 Å². The van der Waals surface area contributed by atoms with Gasteiger partial charge in [0.05, 0.1) is 28.7 Å². The van der Waals surface area contributed by atoms with Crippen LogP contribution in [0.15, 0.2) is 23.1 Å². The van der Waals surface area contributed by atoms with E-state index in [1.165, 1.54) is 16.8 Å². The van der Waals surface area contributed by atoms with Crippen molar-refractivity contribution in [3.8, 4) is 17.1 Å². The largest absolute Gasteiger partial charge is 0.507 e. The topological polar surface area (TPSA) is 109 Å². The summed E-state index contributed by atoms with van der Waals surface area (Å²) in [6, 6.07) is 2.91. The zero-order valence-electron chi connectivity index (χ0n) is 17.6. The van der Waals surface area contributed by atoms with Crippen LogP contribution in [0.4, 0.5) is 10.2 Å². The molecule has 0 amide bonds. The van der Waals surface area contributed by atoms with Gasteiger partial charge in [0.2, 0.25) is 0 Å². The minimum Gasteiger partial charge on any atom is -0.507 e. The second kappa shape index (κ2) is 7.23. The Balaban J connectivity index is 1.46. The molecule has 10 heteroatoms. The highest BCUT2D eigenvalue weighted by atomic mass is 19.1. The van der Waals surface area contributed by atoms with E-state index < -0.39 is 6.17 Å². The third-order valence-electron chi connectivity index (χ3n) is 6.62. The monoisotopic (exact) mass is 425 g/mol. The van der Waals surface area contributed by atoms with E-state index in [2.05, 4.69) is 25.5 Å². The Morgan fingerprint density at radius 2 is 2.10 bits per heavy atom. The van der Waals surface area contributed by atoms with Crippen LogP contribution in [0.3, 0.4) is 0 Å². The van der Waals surface area contributed by atoms with E-state index in [-0.39, 0.29) is 29.2 Å². The van der Waals surface area contributed by atoms with Gasteiger partial charge in [0.25, 0.3) is 5.56 Å². The summed E-state index contributed by atoms with van der Waals surface area (Å²) in [5.41, 5.74) is 0.540. The van der Waals surface area contributed by atoms with Crippen molar-refractivity contribution in [3.63, 3.8) is 0 Å². The highest BCUT2D eigenvalue weighted by Crippen LogP contribution is 2.34. The van der Waals surface area contributed by atoms with Crippen LogP contribution >= 0.6 is 0 Å². The molecule has 2 aromatic heterocycles. The predicted octanol–water partition coefficient (Wildman–Crippen LogP) is 1.47. The van der Waals surface area contributed by atoms with E-state index in [1.807, 2.05) is 7.05 Å². The smallest absolute Gasteiger partial charge is 0.261 e. The fourth-order valence-electron chi connectivity index (χ4n) is 4.67. The highest BCUT2D eigenvalue weighted by Gasteiger charge is 2.43. The number of rotatable bonds is 3. The number of aryl methyl sites for hydroxylation is 1. The molecule has 5 rings (SSSR count). The van der Waals surface area contributed by atoms with Gasteiger partial charge in [-0.3, -0.25) is 9.36 Å². The average molecular weight is 425 g/mol. The first-order chi connectivity index (χ1) is 14.8. The molecule has 2 N–H and O–H groups in total. The van der Waals surface area contributed by atoms with E-state index in [0.717, 1.165) is 12.8 Å². The number of anilines is 1. The summed E-state index contributed by atoms with van der Waals surface area (Å²) in [5.74, 6) is 1.11. The van der Waals surface area contributed by atoms with Crippen LogP contribution in [0.5, 0.6) is 5.75 Å². The molecule has 162 valence electrons. The fraction of sp³-hybridized carbons (Fsp3) is 0.476. The Labute approximate surface area is 178 Å². The summed E-state index contributed by atoms with van der Waals surface area (Å²) in [6.07, 6.45) is 3.12. The molecule has 2 aliphatic heterocycles.